The Morgan fingerprint density at radius 3 is 2.81 bits per heavy atom. The van der Waals surface area contributed by atoms with Crippen LogP contribution in [0.2, 0.25) is 0 Å². The van der Waals surface area contributed by atoms with Crippen LogP contribution < -0.4 is 5.46 Å². The fourth-order valence-electron chi connectivity index (χ4n) is 1.77. The highest BCUT2D eigenvalue weighted by molar-refractivity contribution is 6.32. The third-order valence-electron chi connectivity index (χ3n) is 2.68. The van der Waals surface area contributed by atoms with Gasteiger partial charge in [0, 0.05) is 18.7 Å². The first-order valence-electron chi connectivity index (χ1n) is 5.44. The van der Waals surface area contributed by atoms with E-state index in [4.69, 9.17) is 12.6 Å². The van der Waals surface area contributed by atoms with E-state index in [1.54, 1.807) is 18.2 Å². The van der Waals surface area contributed by atoms with Gasteiger partial charge in [0.2, 0.25) is 0 Å². The highest BCUT2D eigenvalue weighted by atomic mass is 16.5. The third-order valence-corrected chi connectivity index (χ3v) is 2.68. The van der Waals surface area contributed by atoms with E-state index in [1.807, 2.05) is 6.07 Å². The Balaban J connectivity index is 1.97. The number of rotatable bonds is 3. The molecule has 4 heteroatoms. The highest BCUT2D eigenvalue weighted by Crippen LogP contribution is 2.02. The van der Waals surface area contributed by atoms with Crippen LogP contribution in [0.25, 0.3) is 0 Å². The standard InChI is InChI=1S/C12H14BNO2/c13-11-3-1-2-10(8-11)12(15)9-14-4-6-16-7-5-14/h1-3,8H,4-7,9H2. The second kappa shape index (κ2) is 5.28. The predicted molar refractivity (Wildman–Crippen MR) is 63.4 cm³/mol. The summed E-state index contributed by atoms with van der Waals surface area (Å²) >= 11 is 0. The molecule has 0 N–H and O–H groups in total. The Bertz CT molecular complexity index is 375. The molecule has 16 heavy (non-hydrogen) atoms. The Hall–Kier alpha value is -1.13. The molecule has 1 aliphatic rings. The summed E-state index contributed by atoms with van der Waals surface area (Å²) < 4.78 is 5.23. The second-order valence-corrected chi connectivity index (χ2v) is 3.94. The van der Waals surface area contributed by atoms with Crippen LogP contribution in [0.1, 0.15) is 10.4 Å². The third kappa shape index (κ3) is 2.93. The van der Waals surface area contributed by atoms with Crippen LogP contribution in [0.4, 0.5) is 0 Å². The molecule has 0 amide bonds. The summed E-state index contributed by atoms with van der Waals surface area (Å²) in [5, 5.41) is 0. The Morgan fingerprint density at radius 2 is 2.12 bits per heavy atom. The molecule has 82 valence electrons. The van der Waals surface area contributed by atoms with Crippen molar-refractivity contribution in [2.75, 3.05) is 32.8 Å². The van der Waals surface area contributed by atoms with Gasteiger partial charge in [-0.1, -0.05) is 29.7 Å². The topological polar surface area (TPSA) is 29.5 Å². The van der Waals surface area contributed by atoms with Gasteiger partial charge in [0.25, 0.3) is 0 Å². The van der Waals surface area contributed by atoms with Gasteiger partial charge in [-0.3, -0.25) is 9.69 Å². The maximum atomic E-state index is 11.9. The van der Waals surface area contributed by atoms with Crippen LogP contribution >= 0.6 is 0 Å². The van der Waals surface area contributed by atoms with Crippen LogP contribution in [-0.2, 0) is 4.74 Å². The number of morpholine rings is 1. The first-order valence-corrected chi connectivity index (χ1v) is 5.44. The van der Waals surface area contributed by atoms with Gasteiger partial charge in [0.15, 0.2) is 5.78 Å². The lowest BCUT2D eigenvalue weighted by molar-refractivity contribution is 0.0371. The number of ether oxygens (including phenoxy) is 1. The van der Waals surface area contributed by atoms with Crippen LogP contribution in [-0.4, -0.2) is 51.4 Å². The summed E-state index contributed by atoms with van der Waals surface area (Å²) in [5.41, 5.74) is 1.32. The summed E-state index contributed by atoms with van der Waals surface area (Å²) in [6, 6.07) is 7.12. The quantitative estimate of drug-likeness (QED) is 0.524. The van der Waals surface area contributed by atoms with E-state index in [-0.39, 0.29) is 5.78 Å². The smallest absolute Gasteiger partial charge is 0.176 e. The molecule has 0 bridgehead atoms. The van der Waals surface area contributed by atoms with Gasteiger partial charge in [-0.05, 0) is 0 Å². The highest BCUT2D eigenvalue weighted by Gasteiger charge is 2.15. The van der Waals surface area contributed by atoms with Crippen molar-refractivity contribution in [1.29, 1.82) is 0 Å². The lowest BCUT2D eigenvalue weighted by Gasteiger charge is -2.25. The number of benzene rings is 1. The molecule has 1 aromatic rings. The van der Waals surface area contributed by atoms with Crippen molar-refractivity contribution in [3.8, 4) is 0 Å². The van der Waals surface area contributed by atoms with Crippen molar-refractivity contribution < 1.29 is 9.53 Å². The van der Waals surface area contributed by atoms with E-state index in [2.05, 4.69) is 4.90 Å². The van der Waals surface area contributed by atoms with Gasteiger partial charge in [0.1, 0.15) is 7.85 Å². The average Bonchev–Trinajstić information content (AvgIpc) is 2.30. The number of nitrogens with zero attached hydrogens (tertiary/aromatic N) is 1. The summed E-state index contributed by atoms with van der Waals surface area (Å²) in [6.07, 6.45) is 0. The van der Waals surface area contributed by atoms with Crippen molar-refractivity contribution in [1.82, 2.24) is 4.90 Å². The zero-order chi connectivity index (χ0) is 11.4. The van der Waals surface area contributed by atoms with E-state index in [1.165, 1.54) is 0 Å². The van der Waals surface area contributed by atoms with E-state index < -0.39 is 0 Å². The molecule has 3 nitrogen and oxygen atoms in total. The second-order valence-electron chi connectivity index (χ2n) is 3.94. The Morgan fingerprint density at radius 1 is 1.38 bits per heavy atom. The van der Waals surface area contributed by atoms with E-state index in [0.717, 1.165) is 13.1 Å². The number of ketones is 1. The minimum atomic E-state index is 0.120. The Labute approximate surface area is 96.8 Å². The van der Waals surface area contributed by atoms with Gasteiger partial charge in [-0.25, -0.2) is 0 Å². The van der Waals surface area contributed by atoms with E-state index in [0.29, 0.717) is 30.8 Å². The molecule has 0 atom stereocenters. The number of carbonyl (C=O) groups is 1. The fourth-order valence-corrected chi connectivity index (χ4v) is 1.77. The molecule has 2 radical (unpaired) electrons. The molecule has 1 fully saturated rings. The molecule has 1 aromatic carbocycles. The molecule has 1 heterocycles. The summed E-state index contributed by atoms with van der Waals surface area (Å²) in [5.74, 6) is 0.120. The van der Waals surface area contributed by atoms with Crippen LogP contribution in [0.3, 0.4) is 0 Å². The lowest BCUT2D eigenvalue weighted by Crippen LogP contribution is -2.39. The summed E-state index contributed by atoms with van der Waals surface area (Å²) in [6.45, 7) is 3.53. The maximum Gasteiger partial charge on any atom is 0.176 e. The van der Waals surface area contributed by atoms with Crippen molar-refractivity contribution in [2.45, 2.75) is 0 Å². The minimum Gasteiger partial charge on any atom is -0.379 e. The lowest BCUT2D eigenvalue weighted by atomic mass is 9.93. The van der Waals surface area contributed by atoms with Crippen LogP contribution in [0, 0.1) is 0 Å². The summed E-state index contributed by atoms with van der Waals surface area (Å²) in [7, 11) is 5.64. The Kier molecular flexibility index (Phi) is 3.75. The predicted octanol–water partition coefficient (Wildman–Crippen LogP) is -0.00470. The van der Waals surface area contributed by atoms with E-state index >= 15 is 0 Å². The molecule has 0 aromatic heterocycles. The number of hydrogen-bond donors (Lipinski definition) is 0. The number of hydrogen-bond acceptors (Lipinski definition) is 3. The van der Waals surface area contributed by atoms with Gasteiger partial charge in [-0.2, -0.15) is 0 Å². The van der Waals surface area contributed by atoms with Gasteiger partial charge >= 0.3 is 0 Å². The van der Waals surface area contributed by atoms with Crippen molar-refractivity contribution in [3.05, 3.63) is 29.8 Å². The zero-order valence-corrected chi connectivity index (χ0v) is 9.19. The minimum absolute atomic E-state index is 0.120. The molecule has 0 unspecified atom stereocenters. The van der Waals surface area contributed by atoms with E-state index in [9.17, 15) is 4.79 Å². The van der Waals surface area contributed by atoms with Crippen molar-refractivity contribution in [3.63, 3.8) is 0 Å². The molecule has 0 spiro atoms. The molecule has 1 aliphatic heterocycles. The van der Waals surface area contributed by atoms with Crippen LogP contribution in [0.5, 0.6) is 0 Å². The number of Topliss-reactive ketones (excluding diaryl/α,β-unsaturated/α-hetero) is 1. The molecule has 2 rings (SSSR count). The monoisotopic (exact) mass is 215 g/mol. The fraction of sp³-hybridized carbons (Fsp3) is 0.417. The van der Waals surface area contributed by atoms with Gasteiger partial charge in [-0.15, -0.1) is 0 Å². The molecular weight excluding hydrogens is 201 g/mol. The molecule has 0 saturated carbocycles. The average molecular weight is 215 g/mol. The molecule has 0 aliphatic carbocycles. The molecule has 1 saturated heterocycles. The zero-order valence-electron chi connectivity index (χ0n) is 9.19. The SMILES string of the molecule is [B]c1cccc(C(=O)CN2CCOCC2)c1. The van der Waals surface area contributed by atoms with Gasteiger partial charge in [0.05, 0.1) is 19.8 Å². The first-order chi connectivity index (χ1) is 7.75. The largest absolute Gasteiger partial charge is 0.379 e. The summed E-state index contributed by atoms with van der Waals surface area (Å²) in [4.78, 5) is 14.0. The van der Waals surface area contributed by atoms with Gasteiger partial charge < -0.3 is 4.74 Å². The first kappa shape index (κ1) is 11.4. The normalized spacial score (nSPS) is 17.2. The molecular formula is C12H14BNO2. The maximum absolute atomic E-state index is 11.9. The van der Waals surface area contributed by atoms with Crippen molar-refractivity contribution in [2.24, 2.45) is 0 Å². The van der Waals surface area contributed by atoms with Crippen LogP contribution in [0.15, 0.2) is 24.3 Å². The number of carbonyl (C=O) groups excluding carboxylic acids is 1. The van der Waals surface area contributed by atoms with Crippen molar-refractivity contribution >= 4 is 19.1 Å².